The van der Waals surface area contributed by atoms with Gasteiger partial charge in [0.15, 0.2) is 0 Å². The zero-order valence-electron chi connectivity index (χ0n) is 10.2. The van der Waals surface area contributed by atoms with E-state index in [-0.39, 0.29) is 0 Å². The van der Waals surface area contributed by atoms with Crippen molar-refractivity contribution >= 4 is 9.24 Å². The van der Waals surface area contributed by atoms with E-state index in [2.05, 4.69) is 76.8 Å². The van der Waals surface area contributed by atoms with Crippen LogP contribution in [0.2, 0.25) is 0 Å². The van der Waals surface area contributed by atoms with Crippen molar-refractivity contribution in [2.45, 2.75) is 24.9 Å². The average Bonchev–Trinajstić information content (AvgIpc) is 2.38. The first-order valence-electron chi connectivity index (χ1n) is 6.13. The summed E-state index contributed by atoms with van der Waals surface area (Å²) in [5.41, 5.74) is 3.45. The molecular formula is C16H19P. The molecular weight excluding hydrogens is 223 g/mol. The minimum absolute atomic E-state index is 0.505. The fourth-order valence-electron chi connectivity index (χ4n) is 2.21. The maximum Gasteiger partial charge on any atom is 0.00950 e. The van der Waals surface area contributed by atoms with Crippen LogP contribution in [-0.2, 0) is 0 Å². The first-order chi connectivity index (χ1) is 8.27. The predicted octanol–water partition coefficient (Wildman–Crippen LogP) is 4.47. The van der Waals surface area contributed by atoms with Gasteiger partial charge < -0.3 is 0 Å². The molecule has 1 heteroatoms. The summed E-state index contributed by atoms with van der Waals surface area (Å²) < 4.78 is 0. The van der Waals surface area contributed by atoms with Crippen molar-refractivity contribution < 1.29 is 0 Å². The van der Waals surface area contributed by atoms with Gasteiger partial charge in [-0.15, -0.1) is 9.24 Å². The zero-order valence-corrected chi connectivity index (χ0v) is 11.4. The van der Waals surface area contributed by atoms with Gasteiger partial charge in [-0.05, 0) is 23.2 Å². The van der Waals surface area contributed by atoms with Crippen LogP contribution in [-0.4, -0.2) is 5.66 Å². The van der Waals surface area contributed by atoms with Crippen molar-refractivity contribution in [1.82, 2.24) is 0 Å². The lowest BCUT2D eigenvalue weighted by atomic mass is 9.87. The lowest BCUT2D eigenvalue weighted by Gasteiger charge is -2.20. The van der Waals surface area contributed by atoms with E-state index >= 15 is 0 Å². The van der Waals surface area contributed by atoms with Crippen LogP contribution in [0.15, 0.2) is 60.7 Å². The van der Waals surface area contributed by atoms with Gasteiger partial charge in [0.2, 0.25) is 0 Å². The molecule has 0 aliphatic carbocycles. The maximum absolute atomic E-state index is 2.90. The quantitative estimate of drug-likeness (QED) is 0.694. The second-order valence-corrected chi connectivity index (χ2v) is 5.73. The van der Waals surface area contributed by atoms with Crippen LogP contribution in [0, 0.1) is 0 Å². The molecule has 17 heavy (non-hydrogen) atoms. The topological polar surface area (TPSA) is 0 Å². The van der Waals surface area contributed by atoms with Gasteiger partial charge in [-0.1, -0.05) is 67.6 Å². The van der Waals surface area contributed by atoms with Crippen LogP contribution in [0.4, 0.5) is 0 Å². The highest BCUT2D eigenvalue weighted by atomic mass is 31.0. The molecule has 0 aromatic heterocycles. The highest BCUT2D eigenvalue weighted by Crippen LogP contribution is 2.30. The lowest BCUT2D eigenvalue weighted by molar-refractivity contribution is 0.710. The molecule has 0 heterocycles. The molecule has 0 fully saturated rings. The molecule has 0 spiro atoms. The predicted molar refractivity (Wildman–Crippen MR) is 78.5 cm³/mol. The van der Waals surface area contributed by atoms with E-state index in [1.54, 1.807) is 0 Å². The van der Waals surface area contributed by atoms with Crippen molar-refractivity contribution in [2.75, 3.05) is 0 Å². The van der Waals surface area contributed by atoms with E-state index in [1.807, 2.05) is 0 Å². The Hall–Kier alpha value is -1.13. The highest BCUT2D eigenvalue weighted by molar-refractivity contribution is 7.17. The van der Waals surface area contributed by atoms with Crippen LogP contribution in [0.25, 0.3) is 0 Å². The Morgan fingerprint density at radius 2 is 1.24 bits per heavy atom. The molecule has 2 atom stereocenters. The maximum atomic E-state index is 2.90. The van der Waals surface area contributed by atoms with E-state index < -0.39 is 0 Å². The van der Waals surface area contributed by atoms with Gasteiger partial charge in [-0.25, -0.2) is 0 Å². The first kappa shape index (κ1) is 12.3. The van der Waals surface area contributed by atoms with Crippen molar-refractivity contribution in [1.29, 1.82) is 0 Å². The van der Waals surface area contributed by atoms with Crippen LogP contribution in [0.3, 0.4) is 0 Å². The Kier molecular flexibility index (Phi) is 4.34. The van der Waals surface area contributed by atoms with Crippen LogP contribution >= 0.6 is 9.24 Å². The van der Waals surface area contributed by atoms with Crippen LogP contribution < -0.4 is 0 Å². The Balaban J connectivity index is 2.32. The Morgan fingerprint density at radius 1 is 0.824 bits per heavy atom. The summed E-state index contributed by atoms with van der Waals surface area (Å²) >= 11 is 0. The molecule has 88 valence electrons. The summed E-state index contributed by atoms with van der Waals surface area (Å²) in [5, 5.41) is 0. The normalized spacial score (nSPS) is 12.6. The van der Waals surface area contributed by atoms with Crippen LogP contribution in [0.5, 0.6) is 0 Å². The fraction of sp³-hybridized carbons (Fsp3) is 0.250. The minimum Gasteiger partial charge on any atom is -0.135 e. The van der Waals surface area contributed by atoms with Gasteiger partial charge in [0.05, 0.1) is 0 Å². The van der Waals surface area contributed by atoms with E-state index in [9.17, 15) is 0 Å². The van der Waals surface area contributed by atoms with Crippen LogP contribution in [0.1, 0.15) is 30.4 Å². The second-order valence-electron chi connectivity index (χ2n) is 4.59. The molecule has 2 aromatic carbocycles. The van der Waals surface area contributed by atoms with Crippen molar-refractivity contribution in [3.8, 4) is 0 Å². The fourth-order valence-corrected chi connectivity index (χ4v) is 2.48. The van der Waals surface area contributed by atoms with E-state index in [0.29, 0.717) is 11.6 Å². The minimum atomic E-state index is 0.505. The van der Waals surface area contributed by atoms with Gasteiger partial charge in [0.25, 0.3) is 0 Å². The second kappa shape index (κ2) is 5.98. The summed E-state index contributed by atoms with van der Waals surface area (Å²) in [6.07, 6.45) is 1.17. The first-order valence-corrected chi connectivity index (χ1v) is 6.79. The molecule has 0 nitrogen and oxygen atoms in total. The Morgan fingerprint density at radius 3 is 1.59 bits per heavy atom. The van der Waals surface area contributed by atoms with Gasteiger partial charge in [-0.2, -0.15) is 0 Å². The summed E-state index contributed by atoms with van der Waals surface area (Å²) in [5.74, 6) is 0.505. The van der Waals surface area contributed by atoms with Crippen molar-refractivity contribution in [3.63, 3.8) is 0 Å². The molecule has 0 aliphatic rings. The molecule has 0 saturated carbocycles. The number of benzene rings is 2. The Bertz CT molecular complexity index is 394. The van der Waals surface area contributed by atoms with E-state index in [4.69, 9.17) is 0 Å². The zero-order chi connectivity index (χ0) is 12.1. The molecule has 0 saturated heterocycles. The third-order valence-electron chi connectivity index (χ3n) is 3.01. The third-order valence-corrected chi connectivity index (χ3v) is 3.28. The Labute approximate surface area is 106 Å². The van der Waals surface area contributed by atoms with Gasteiger partial charge in [0, 0.05) is 5.92 Å². The summed E-state index contributed by atoms with van der Waals surface area (Å²) in [4.78, 5) is 0. The summed E-state index contributed by atoms with van der Waals surface area (Å²) in [7, 11) is 2.90. The molecule has 0 radical (unpaired) electrons. The summed E-state index contributed by atoms with van der Waals surface area (Å²) in [6, 6.07) is 21.6. The standard InChI is InChI=1S/C16H19P/c1-13(17)12-16(14-8-4-2-5-9-14)15-10-6-3-7-11-15/h2-11,13,16H,12,17H2,1H3. The molecule has 2 unspecified atom stereocenters. The van der Waals surface area contributed by atoms with Crippen molar-refractivity contribution in [3.05, 3.63) is 71.8 Å². The van der Waals surface area contributed by atoms with Crippen molar-refractivity contribution in [2.24, 2.45) is 0 Å². The smallest absolute Gasteiger partial charge is 0.00950 e. The molecule has 0 amide bonds. The number of rotatable bonds is 4. The molecule has 0 N–H and O–H groups in total. The lowest BCUT2D eigenvalue weighted by Crippen LogP contribution is -2.06. The average molecular weight is 242 g/mol. The highest BCUT2D eigenvalue weighted by Gasteiger charge is 2.14. The molecule has 2 aromatic rings. The largest absolute Gasteiger partial charge is 0.135 e. The van der Waals surface area contributed by atoms with Gasteiger partial charge in [-0.3, -0.25) is 0 Å². The summed E-state index contributed by atoms with van der Waals surface area (Å²) in [6.45, 7) is 2.25. The molecule has 0 bridgehead atoms. The molecule has 2 rings (SSSR count). The number of hydrogen-bond acceptors (Lipinski definition) is 0. The van der Waals surface area contributed by atoms with E-state index in [0.717, 1.165) is 0 Å². The third kappa shape index (κ3) is 3.41. The number of hydrogen-bond donors (Lipinski definition) is 0. The van der Waals surface area contributed by atoms with E-state index in [1.165, 1.54) is 17.5 Å². The monoisotopic (exact) mass is 242 g/mol. The van der Waals surface area contributed by atoms with Gasteiger partial charge >= 0.3 is 0 Å². The SMILES string of the molecule is CC(P)CC(c1ccccc1)c1ccccc1. The van der Waals surface area contributed by atoms with Gasteiger partial charge in [0.1, 0.15) is 0 Å². The molecule has 0 aliphatic heterocycles.